The fraction of sp³-hybridized carbons (Fsp3) is 0.619. The van der Waals surface area contributed by atoms with Gasteiger partial charge in [-0.1, -0.05) is 26.0 Å². The monoisotopic (exact) mass is 424 g/mol. The van der Waals surface area contributed by atoms with Crippen LogP contribution in [0.3, 0.4) is 0 Å². The van der Waals surface area contributed by atoms with Crippen LogP contribution in [0, 0.1) is 5.92 Å². The van der Waals surface area contributed by atoms with Crippen LogP contribution in [0.15, 0.2) is 29.2 Å². The van der Waals surface area contributed by atoms with Crippen LogP contribution in [-0.4, -0.2) is 49.8 Å². The number of esters is 1. The van der Waals surface area contributed by atoms with E-state index in [4.69, 9.17) is 4.74 Å². The van der Waals surface area contributed by atoms with E-state index in [0.717, 1.165) is 5.56 Å². The van der Waals surface area contributed by atoms with Gasteiger partial charge in [0.15, 0.2) is 6.61 Å². The maximum atomic E-state index is 12.8. The number of rotatable bonds is 6. The van der Waals surface area contributed by atoms with Gasteiger partial charge < -0.3 is 10.1 Å². The summed E-state index contributed by atoms with van der Waals surface area (Å²) in [5.41, 5.74) is 0.692. The summed E-state index contributed by atoms with van der Waals surface area (Å²) in [4.78, 5) is 24.3. The lowest BCUT2D eigenvalue weighted by atomic mass is 9.98. The highest BCUT2D eigenvalue weighted by molar-refractivity contribution is 7.89. The third-order valence-corrected chi connectivity index (χ3v) is 6.74. The number of carbonyl (C=O) groups excluding carboxylic acids is 2. The lowest BCUT2D eigenvalue weighted by Gasteiger charge is -2.30. The molecule has 1 aromatic carbocycles. The van der Waals surface area contributed by atoms with Crippen LogP contribution in [0.25, 0.3) is 0 Å². The quantitative estimate of drug-likeness (QED) is 0.709. The van der Waals surface area contributed by atoms with Crippen LogP contribution < -0.4 is 5.32 Å². The molecule has 2 rings (SSSR count). The summed E-state index contributed by atoms with van der Waals surface area (Å²) in [7, 11) is -3.58. The number of piperidine rings is 1. The van der Waals surface area contributed by atoms with Crippen molar-refractivity contribution in [1.82, 2.24) is 9.62 Å². The molecule has 29 heavy (non-hydrogen) atoms. The molecule has 1 N–H and O–H groups in total. The molecule has 1 aromatic rings. The van der Waals surface area contributed by atoms with E-state index in [1.807, 2.05) is 32.9 Å². The van der Waals surface area contributed by atoms with Crippen molar-refractivity contribution in [2.45, 2.75) is 63.8 Å². The van der Waals surface area contributed by atoms with Crippen molar-refractivity contribution < 1.29 is 22.7 Å². The third kappa shape index (κ3) is 6.54. The van der Waals surface area contributed by atoms with Crippen molar-refractivity contribution in [3.05, 3.63) is 29.8 Å². The Morgan fingerprint density at radius 2 is 1.69 bits per heavy atom. The highest BCUT2D eigenvalue weighted by atomic mass is 32.2. The van der Waals surface area contributed by atoms with Gasteiger partial charge in [0.25, 0.3) is 5.91 Å². The first kappa shape index (κ1) is 23.3. The molecule has 8 heteroatoms. The number of hydrogen-bond donors (Lipinski definition) is 1. The van der Waals surface area contributed by atoms with Crippen LogP contribution >= 0.6 is 0 Å². The van der Waals surface area contributed by atoms with Gasteiger partial charge in [-0.25, -0.2) is 8.42 Å². The molecule has 1 aliphatic heterocycles. The van der Waals surface area contributed by atoms with E-state index in [1.54, 1.807) is 12.1 Å². The number of hydrogen-bond acceptors (Lipinski definition) is 5. The van der Waals surface area contributed by atoms with Gasteiger partial charge in [-0.05, 0) is 57.2 Å². The maximum absolute atomic E-state index is 12.8. The molecule has 0 radical (unpaired) electrons. The third-order valence-electron chi connectivity index (χ3n) is 4.83. The van der Waals surface area contributed by atoms with E-state index in [9.17, 15) is 18.0 Å². The van der Waals surface area contributed by atoms with Crippen LogP contribution in [0.1, 0.15) is 58.9 Å². The fourth-order valence-corrected chi connectivity index (χ4v) is 4.68. The van der Waals surface area contributed by atoms with Crippen molar-refractivity contribution >= 4 is 21.9 Å². The number of nitrogens with one attached hydrogen (secondary N) is 1. The molecule has 1 heterocycles. The van der Waals surface area contributed by atoms with Gasteiger partial charge in [0.2, 0.25) is 10.0 Å². The predicted molar refractivity (Wildman–Crippen MR) is 111 cm³/mol. The number of sulfonamides is 1. The van der Waals surface area contributed by atoms with Crippen molar-refractivity contribution in [3.63, 3.8) is 0 Å². The van der Waals surface area contributed by atoms with E-state index < -0.39 is 27.4 Å². The van der Waals surface area contributed by atoms with Crippen LogP contribution in [0.5, 0.6) is 0 Å². The average Bonchev–Trinajstić information content (AvgIpc) is 2.65. The molecule has 1 amide bonds. The predicted octanol–water partition coefficient (Wildman–Crippen LogP) is 2.67. The van der Waals surface area contributed by atoms with Gasteiger partial charge >= 0.3 is 5.97 Å². The summed E-state index contributed by atoms with van der Waals surface area (Å²) < 4.78 is 32.2. The van der Waals surface area contributed by atoms with Crippen LogP contribution in [0.4, 0.5) is 0 Å². The molecule has 162 valence electrons. The van der Waals surface area contributed by atoms with Gasteiger partial charge in [-0.15, -0.1) is 0 Å². The van der Waals surface area contributed by atoms with Gasteiger partial charge in [0.1, 0.15) is 0 Å². The smallest absolute Gasteiger partial charge is 0.309 e. The first-order valence-electron chi connectivity index (χ1n) is 9.98. The lowest BCUT2D eigenvalue weighted by Crippen LogP contribution is -2.44. The largest absolute Gasteiger partial charge is 0.455 e. The molecular weight excluding hydrogens is 392 g/mol. The van der Waals surface area contributed by atoms with E-state index in [2.05, 4.69) is 19.2 Å². The second kappa shape index (κ2) is 9.26. The number of carbonyl (C=O) groups is 2. The molecule has 0 saturated carbocycles. The average molecular weight is 425 g/mol. The minimum Gasteiger partial charge on any atom is -0.455 e. The zero-order valence-corrected chi connectivity index (χ0v) is 18.7. The Balaban J connectivity index is 1.89. The van der Waals surface area contributed by atoms with Gasteiger partial charge in [-0.3, -0.25) is 9.59 Å². The van der Waals surface area contributed by atoms with E-state index >= 15 is 0 Å². The topological polar surface area (TPSA) is 92.8 Å². The zero-order chi connectivity index (χ0) is 21.8. The number of benzene rings is 1. The summed E-state index contributed by atoms with van der Waals surface area (Å²) in [6.07, 6.45) is 0.756. The van der Waals surface area contributed by atoms with Gasteiger partial charge in [-0.2, -0.15) is 4.31 Å². The number of ether oxygens (including phenoxy) is 1. The Kier molecular flexibility index (Phi) is 7.45. The second-order valence-electron chi connectivity index (χ2n) is 8.81. The standard InChI is InChI=1S/C21H32N2O5S/c1-15(2)16-6-8-18(9-7-16)29(26,27)23-12-10-17(11-13-23)20(25)28-14-19(24)22-21(3,4)5/h6-9,15,17H,10-14H2,1-5H3,(H,22,24). The molecule has 0 atom stereocenters. The normalized spacial score (nSPS) is 16.6. The minimum absolute atomic E-state index is 0.252. The molecule has 0 aromatic heterocycles. The van der Waals surface area contributed by atoms with Gasteiger partial charge in [0.05, 0.1) is 10.8 Å². The second-order valence-corrected chi connectivity index (χ2v) is 10.7. The Morgan fingerprint density at radius 1 is 1.14 bits per heavy atom. The highest BCUT2D eigenvalue weighted by Gasteiger charge is 2.33. The Bertz CT molecular complexity index is 818. The molecule has 0 bridgehead atoms. The van der Waals surface area contributed by atoms with Gasteiger partial charge in [0, 0.05) is 18.6 Å². The summed E-state index contributed by atoms with van der Waals surface area (Å²) in [5.74, 6) is -0.866. The molecular formula is C21H32N2O5S. The van der Waals surface area contributed by atoms with Crippen molar-refractivity contribution in [3.8, 4) is 0 Å². The molecule has 0 spiro atoms. The molecule has 1 fully saturated rings. The molecule has 0 aliphatic carbocycles. The van der Waals surface area contributed by atoms with Crippen molar-refractivity contribution in [1.29, 1.82) is 0 Å². The minimum atomic E-state index is -3.58. The summed E-state index contributed by atoms with van der Waals surface area (Å²) >= 11 is 0. The zero-order valence-electron chi connectivity index (χ0n) is 17.9. The van der Waals surface area contributed by atoms with Crippen molar-refractivity contribution in [2.75, 3.05) is 19.7 Å². The van der Waals surface area contributed by atoms with Crippen LogP contribution in [-0.2, 0) is 24.3 Å². The summed E-state index contributed by atoms with van der Waals surface area (Å²) in [5, 5.41) is 2.73. The Hall–Kier alpha value is -1.93. The number of amides is 1. The van der Waals surface area contributed by atoms with E-state index in [0.29, 0.717) is 18.8 Å². The molecule has 0 unspecified atom stereocenters. The SMILES string of the molecule is CC(C)c1ccc(S(=O)(=O)N2CCC(C(=O)OCC(=O)NC(C)(C)C)CC2)cc1. The van der Waals surface area contributed by atoms with Crippen LogP contribution in [0.2, 0.25) is 0 Å². The lowest BCUT2D eigenvalue weighted by molar-refractivity contribution is -0.154. The summed E-state index contributed by atoms with van der Waals surface area (Å²) in [6, 6.07) is 6.95. The Morgan fingerprint density at radius 3 is 2.17 bits per heavy atom. The molecule has 7 nitrogen and oxygen atoms in total. The van der Waals surface area contributed by atoms with Crippen molar-refractivity contribution in [2.24, 2.45) is 5.92 Å². The maximum Gasteiger partial charge on any atom is 0.309 e. The fourth-order valence-electron chi connectivity index (χ4n) is 3.21. The molecule has 1 aliphatic rings. The number of nitrogens with zero attached hydrogens (tertiary/aromatic N) is 1. The summed E-state index contributed by atoms with van der Waals surface area (Å²) in [6.45, 7) is 9.83. The molecule has 1 saturated heterocycles. The van der Waals surface area contributed by atoms with E-state index in [1.165, 1.54) is 4.31 Å². The Labute approximate surface area is 173 Å². The van der Waals surface area contributed by atoms with E-state index in [-0.39, 0.29) is 30.5 Å². The first-order chi connectivity index (χ1) is 13.4. The highest BCUT2D eigenvalue weighted by Crippen LogP contribution is 2.25. The first-order valence-corrected chi connectivity index (χ1v) is 11.4.